The molecule has 0 spiro atoms. The lowest BCUT2D eigenvalue weighted by molar-refractivity contribution is 0.422. The molecule has 94 valence electrons. The molecule has 17 heavy (non-hydrogen) atoms. The first-order chi connectivity index (χ1) is 8.03. The van der Waals surface area contributed by atoms with E-state index in [1.165, 1.54) is 5.56 Å². The lowest BCUT2D eigenvalue weighted by Crippen LogP contribution is -2.15. The highest BCUT2D eigenvalue weighted by atomic mass is 15.2. The van der Waals surface area contributed by atoms with E-state index in [1.54, 1.807) is 0 Å². The number of aromatic nitrogens is 2. The molecule has 4 heteroatoms. The Morgan fingerprint density at radius 3 is 2.82 bits per heavy atom. The molecule has 1 heterocycles. The summed E-state index contributed by atoms with van der Waals surface area (Å²) >= 11 is 0. The van der Waals surface area contributed by atoms with Crippen molar-refractivity contribution in [1.29, 1.82) is 5.26 Å². The zero-order chi connectivity index (χ0) is 12.7. The van der Waals surface area contributed by atoms with Crippen molar-refractivity contribution in [3.05, 3.63) is 18.0 Å². The quantitative estimate of drug-likeness (QED) is 0.736. The maximum atomic E-state index is 8.87. The van der Waals surface area contributed by atoms with E-state index in [-0.39, 0.29) is 5.41 Å². The van der Waals surface area contributed by atoms with E-state index in [0.29, 0.717) is 0 Å². The molecule has 1 rings (SSSR count). The molecule has 0 saturated carbocycles. The Balaban J connectivity index is 2.04. The lowest BCUT2D eigenvalue weighted by Gasteiger charge is -2.14. The van der Waals surface area contributed by atoms with Crippen LogP contribution in [-0.4, -0.2) is 16.3 Å². The zero-order valence-electron chi connectivity index (χ0n) is 11.0. The molecule has 0 unspecified atom stereocenters. The van der Waals surface area contributed by atoms with Crippen molar-refractivity contribution >= 4 is 0 Å². The second kappa shape index (κ2) is 6.41. The van der Waals surface area contributed by atoms with Gasteiger partial charge in [0.2, 0.25) is 0 Å². The van der Waals surface area contributed by atoms with E-state index in [0.717, 1.165) is 32.4 Å². The van der Waals surface area contributed by atoms with E-state index in [1.807, 2.05) is 38.0 Å². The molecular formula is C13H22N4. The van der Waals surface area contributed by atoms with Crippen molar-refractivity contribution in [2.75, 3.05) is 6.54 Å². The molecule has 0 aliphatic carbocycles. The molecule has 0 amide bonds. The molecule has 0 fully saturated rings. The molecule has 1 aromatic heterocycles. The third-order valence-electron chi connectivity index (χ3n) is 2.80. The Kier molecular flexibility index (Phi) is 5.17. The number of nitrogens with zero attached hydrogens (tertiary/aromatic N) is 3. The van der Waals surface area contributed by atoms with Crippen molar-refractivity contribution in [3.8, 4) is 6.07 Å². The van der Waals surface area contributed by atoms with Crippen molar-refractivity contribution in [2.45, 2.75) is 39.7 Å². The van der Waals surface area contributed by atoms with Crippen LogP contribution < -0.4 is 5.32 Å². The van der Waals surface area contributed by atoms with Crippen molar-refractivity contribution in [1.82, 2.24) is 15.1 Å². The second-order valence-corrected chi connectivity index (χ2v) is 5.15. The number of rotatable bonds is 7. The summed E-state index contributed by atoms with van der Waals surface area (Å²) < 4.78 is 1.81. The Hall–Kier alpha value is -1.34. The van der Waals surface area contributed by atoms with Crippen LogP contribution in [0.4, 0.5) is 0 Å². The average Bonchev–Trinajstić information content (AvgIpc) is 2.69. The number of nitrogens with one attached hydrogen (secondary N) is 1. The minimum atomic E-state index is -0.177. The molecule has 0 atom stereocenters. The third-order valence-corrected chi connectivity index (χ3v) is 2.80. The highest BCUT2D eigenvalue weighted by Crippen LogP contribution is 2.21. The van der Waals surface area contributed by atoms with Gasteiger partial charge in [-0.3, -0.25) is 4.68 Å². The summed E-state index contributed by atoms with van der Waals surface area (Å²) in [6, 6.07) is 2.33. The fraction of sp³-hybridized carbons (Fsp3) is 0.692. The van der Waals surface area contributed by atoms with Crippen LogP contribution in [0.15, 0.2) is 12.4 Å². The van der Waals surface area contributed by atoms with Crippen molar-refractivity contribution in [2.24, 2.45) is 12.5 Å². The zero-order valence-corrected chi connectivity index (χ0v) is 11.0. The first kappa shape index (κ1) is 13.7. The summed E-state index contributed by atoms with van der Waals surface area (Å²) in [4.78, 5) is 0. The lowest BCUT2D eigenvalue weighted by atomic mass is 9.89. The van der Waals surface area contributed by atoms with Gasteiger partial charge in [-0.1, -0.05) is 6.42 Å². The third kappa shape index (κ3) is 5.50. The van der Waals surface area contributed by atoms with Crippen LogP contribution in [0.25, 0.3) is 0 Å². The first-order valence-electron chi connectivity index (χ1n) is 6.13. The second-order valence-electron chi connectivity index (χ2n) is 5.15. The van der Waals surface area contributed by atoms with E-state index in [2.05, 4.69) is 16.5 Å². The average molecular weight is 234 g/mol. The van der Waals surface area contributed by atoms with Gasteiger partial charge in [0, 0.05) is 25.4 Å². The van der Waals surface area contributed by atoms with Crippen molar-refractivity contribution in [3.63, 3.8) is 0 Å². The van der Waals surface area contributed by atoms with Gasteiger partial charge in [-0.2, -0.15) is 10.4 Å². The van der Waals surface area contributed by atoms with Gasteiger partial charge in [0.1, 0.15) is 0 Å². The monoisotopic (exact) mass is 234 g/mol. The van der Waals surface area contributed by atoms with Crippen LogP contribution in [-0.2, 0) is 13.6 Å². The number of hydrogen-bond donors (Lipinski definition) is 1. The van der Waals surface area contributed by atoms with Crippen LogP contribution in [0.2, 0.25) is 0 Å². The predicted octanol–water partition coefficient (Wildman–Crippen LogP) is 2.23. The van der Waals surface area contributed by atoms with Gasteiger partial charge in [-0.15, -0.1) is 0 Å². The van der Waals surface area contributed by atoms with Crippen LogP contribution in [0, 0.1) is 16.7 Å². The summed E-state index contributed by atoms with van der Waals surface area (Å²) in [5.41, 5.74) is 1.04. The fourth-order valence-electron chi connectivity index (χ4n) is 1.67. The highest BCUT2D eigenvalue weighted by molar-refractivity contribution is 5.02. The molecule has 0 aromatic carbocycles. The van der Waals surface area contributed by atoms with E-state index < -0.39 is 0 Å². The highest BCUT2D eigenvalue weighted by Gasteiger charge is 2.15. The maximum Gasteiger partial charge on any atom is 0.0683 e. The molecule has 0 bridgehead atoms. The number of aryl methyl sites for hydroxylation is 1. The summed E-state index contributed by atoms with van der Waals surface area (Å²) in [7, 11) is 1.92. The molecule has 4 nitrogen and oxygen atoms in total. The predicted molar refractivity (Wildman–Crippen MR) is 68.2 cm³/mol. The van der Waals surface area contributed by atoms with Gasteiger partial charge < -0.3 is 5.32 Å². The first-order valence-corrected chi connectivity index (χ1v) is 6.13. The Morgan fingerprint density at radius 2 is 2.24 bits per heavy atom. The van der Waals surface area contributed by atoms with E-state index >= 15 is 0 Å². The Bertz CT molecular complexity index is 373. The van der Waals surface area contributed by atoms with Crippen LogP contribution in [0.3, 0.4) is 0 Å². The fourth-order valence-corrected chi connectivity index (χ4v) is 1.67. The summed E-state index contributed by atoms with van der Waals surface area (Å²) in [5.74, 6) is 0. The molecule has 0 saturated heterocycles. The molecular weight excluding hydrogens is 212 g/mol. The van der Waals surface area contributed by atoms with Gasteiger partial charge in [0.05, 0.1) is 17.7 Å². The Morgan fingerprint density at radius 1 is 1.47 bits per heavy atom. The van der Waals surface area contributed by atoms with E-state index in [4.69, 9.17) is 5.26 Å². The molecule has 1 aromatic rings. The van der Waals surface area contributed by atoms with Gasteiger partial charge in [0.25, 0.3) is 0 Å². The minimum absolute atomic E-state index is 0.177. The SMILES string of the molecule is Cn1cc(CNCCCCC(C)(C)C#N)cn1. The Labute approximate surface area is 104 Å². The van der Waals surface area contributed by atoms with Crippen LogP contribution in [0.5, 0.6) is 0 Å². The van der Waals surface area contributed by atoms with Crippen LogP contribution in [0.1, 0.15) is 38.7 Å². The summed E-state index contributed by atoms with van der Waals surface area (Å²) in [6.07, 6.45) is 7.08. The summed E-state index contributed by atoms with van der Waals surface area (Å²) in [5, 5.41) is 16.4. The van der Waals surface area contributed by atoms with Gasteiger partial charge in [-0.05, 0) is 33.2 Å². The van der Waals surface area contributed by atoms with E-state index in [9.17, 15) is 0 Å². The minimum Gasteiger partial charge on any atom is -0.313 e. The molecule has 1 N–H and O–H groups in total. The molecule has 0 aliphatic heterocycles. The van der Waals surface area contributed by atoms with Gasteiger partial charge >= 0.3 is 0 Å². The maximum absolute atomic E-state index is 8.87. The topological polar surface area (TPSA) is 53.6 Å². The normalized spacial score (nSPS) is 11.4. The number of hydrogen-bond acceptors (Lipinski definition) is 3. The summed E-state index contributed by atoms with van der Waals surface area (Å²) in [6.45, 7) is 5.86. The smallest absolute Gasteiger partial charge is 0.0683 e. The van der Waals surface area contributed by atoms with Gasteiger partial charge in [0.15, 0.2) is 0 Å². The number of unbranched alkanes of at least 4 members (excludes halogenated alkanes) is 1. The van der Waals surface area contributed by atoms with Crippen molar-refractivity contribution < 1.29 is 0 Å². The van der Waals surface area contributed by atoms with Gasteiger partial charge in [-0.25, -0.2) is 0 Å². The van der Waals surface area contributed by atoms with Crippen LogP contribution >= 0.6 is 0 Å². The molecule has 0 aliphatic rings. The molecule has 0 radical (unpaired) electrons. The number of nitriles is 1. The largest absolute Gasteiger partial charge is 0.313 e. The standard InChI is InChI=1S/C13H22N4/c1-13(2,11-14)6-4-5-7-15-8-12-9-16-17(3)10-12/h9-10,15H,4-8H2,1-3H3.